The molecule has 142 valence electrons. The normalized spacial score (nSPS) is 11.5. The maximum Gasteiger partial charge on any atom is 0.150 e. The van der Waals surface area contributed by atoms with Crippen molar-refractivity contribution in [2.45, 2.75) is 67.2 Å². The third-order valence-corrected chi connectivity index (χ3v) is 4.48. The molecule has 1 N–H and O–H groups in total. The van der Waals surface area contributed by atoms with E-state index in [9.17, 15) is 9.90 Å². The highest BCUT2D eigenvalue weighted by Gasteiger charge is 2.26. The van der Waals surface area contributed by atoms with Crippen LogP contribution in [0.15, 0.2) is 36.4 Å². The van der Waals surface area contributed by atoms with Crippen LogP contribution in [-0.2, 0) is 5.41 Å². The Morgan fingerprint density at radius 1 is 0.885 bits per heavy atom. The third-order valence-electron chi connectivity index (χ3n) is 4.48. The summed E-state index contributed by atoms with van der Waals surface area (Å²) in [5, 5.41) is 9.25. The summed E-state index contributed by atoms with van der Waals surface area (Å²) in [7, 11) is 0. The number of aryl methyl sites for hydroxylation is 3. The van der Waals surface area contributed by atoms with Crippen molar-refractivity contribution < 1.29 is 9.90 Å². The lowest BCUT2D eigenvalue weighted by Gasteiger charge is -2.33. The van der Waals surface area contributed by atoms with E-state index >= 15 is 0 Å². The van der Waals surface area contributed by atoms with Crippen LogP contribution >= 0.6 is 0 Å². The van der Waals surface area contributed by atoms with Gasteiger partial charge in [-0.2, -0.15) is 0 Å². The van der Waals surface area contributed by atoms with Gasteiger partial charge in [0.15, 0.2) is 6.29 Å². The highest BCUT2D eigenvalue weighted by Crippen LogP contribution is 2.36. The van der Waals surface area contributed by atoms with Gasteiger partial charge in [0.1, 0.15) is 5.75 Å². The smallest absolute Gasteiger partial charge is 0.150 e. The average molecular weight is 355 g/mol. The molecule has 2 nitrogen and oxygen atoms in total. The predicted octanol–water partition coefficient (Wildman–Crippen LogP) is 6.53. The van der Waals surface area contributed by atoms with Gasteiger partial charge in [-0.1, -0.05) is 64.4 Å². The minimum absolute atomic E-state index is 0.159. The van der Waals surface area contributed by atoms with E-state index in [0.29, 0.717) is 11.2 Å². The molecule has 0 bridgehead atoms. The quantitative estimate of drug-likeness (QED) is 0.636. The van der Waals surface area contributed by atoms with E-state index in [0.717, 1.165) is 29.4 Å². The molecule has 0 amide bonds. The number of phenolic OH excluding ortho intramolecular Hbond substituents is 1. The Morgan fingerprint density at radius 3 is 1.73 bits per heavy atom. The van der Waals surface area contributed by atoms with Crippen LogP contribution in [-0.4, -0.2) is 11.4 Å². The number of rotatable bonds is 3. The summed E-state index contributed by atoms with van der Waals surface area (Å²) in [6.07, 6.45) is 2.05. The number of aldehydes is 1. The second kappa shape index (κ2) is 8.53. The Balaban J connectivity index is 0.000000273. The Kier molecular flexibility index (Phi) is 7.20. The van der Waals surface area contributed by atoms with Gasteiger partial charge in [0, 0.05) is 5.56 Å². The van der Waals surface area contributed by atoms with E-state index in [1.165, 1.54) is 11.1 Å². The fourth-order valence-electron chi connectivity index (χ4n) is 3.72. The number of hydrogen-bond donors (Lipinski definition) is 1. The molecule has 0 aliphatic rings. The molecule has 0 fully saturated rings. The summed E-state index contributed by atoms with van der Waals surface area (Å²) in [6, 6.07) is 11.6. The van der Waals surface area contributed by atoms with E-state index in [-0.39, 0.29) is 5.41 Å². The van der Waals surface area contributed by atoms with Gasteiger partial charge in [-0.3, -0.25) is 4.79 Å². The SMILES string of the molecule is CC(C)(C)CC(C)(C)c1ccc(O)cc1.Cc1cc(C)c(C=O)c(C)c1. The fourth-order valence-corrected chi connectivity index (χ4v) is 3.72. The van der Waals surface area contributed by atoms with Crippen LogP contribution in [0, 0.1) is 26.2 Å². The molecule has 0 saturated heterocycles. The second-order valence-electron chi connectivity index (χ2n) is 9.10. The summed E-state index contributed by atoms with van der Waals surface area (Å²) in [6.45, 7) is 17.2. The summed E-state index contributed by atoms with van der Waals surface area (Å²) in [5.74, 6) is 0.338. The summed E-state index contributed by atoms with van der Waals surface area (Å²) < 4.78 is 0. The van der Waals surface area contributed by atoms with Crippen molar-refractivity contribution in [1.82, 2.24) is 0 Å². The van der Waals surface area contributed by atoms with Crippen LogP contribution < -0.4 is 0 Å². The molecule has 0 saturated carbocycles. The second-order valence-corrected chi connectivity index (χ2v) is 9.10. The van der Waals surface area contributed by atoms with E-state index in [4.69, 9.17) is 0 Å². The minimum atomic E-state index is 0.159. The van der Waals surface area contributed by atoms with Gasteiger partial charge in [-0.05, 0) is 66.8 Å². The minimum Gasteiger partial charge on any atom is -0.508 e. The first-order valence-electron chi connectivity index (χ1n) is 9.18. The van der Waals surface area contributed by atoms with Gasteiger partial charge < -0.3 is 5.11 Å². The number of benzene rings is 2. The molecule has 0 unspecified atom stereocenters. The molecule has 26 heavy (non-hydrogen) atoms. The van der Waals surface area contributed by atoms with E-state index < -0.39 is 0 Å². The zero-order valence-corrected chi connectivity index (χ0v) is 17.6. The molecule has 2 heteroatoms. The molecule has 0 spiro atoms. The zero-order chi connectivity index (χ0) is 20.1. The number of aromatic hydroxyl groups is 1. The lowest BCUT2D eigenvalue weighted by atomic mass is 9.72. The first kappa shape index (κ1) is 22.0. The molecular weight excluding hydrogens is 320 g/mol. The summed E-state index contributed by atoms with van der Waals surface area (Å²) in [5.41, 5.74) is 5.94. The lowest BCUT2D eigenvalue weighted by molar-refractivity contribution is 0.112. The first-order valence-corrected chi connectivity index (χ1v) is 9.18. The Labute approximate surface area is 159 Å². The van der Waals surface area contributed by atoms with Gasteiger partial charge in [0.25, 0.3) is 0 Å². The van der Waals surface area contributed by atoms with Crippen LogP contribution in [0.1, 0.15) is 73.7 Å². The van der Waals surface area contributed by atoms with Gasteiger partial charge >= 0.3 is 0 Å². The molecule has 2 aromatic carbocycles. The van der Waals surface area contributed by atoms with Crippen molar-refractivity contribution in [3.8, 4) is 5.75 Å². The van der Waals surface area contributed by atoms with Gasteiger partial charge in [0.2, 0.25) is 0 Å². The number of hydrogen-bond acceptors (Lipinski definition) is 2. The van der Waals surface area contributed by atoms with Crippen molar-refractivity contribution in [3.05, 3.63) is 64.2 Å². The molecule has 0 aromatic heterocycles. The number of carbonyl (C=O) groups excluding carboxylic acids is 1. The first-order chi connectivity index (χ1) is 11.9. The highest BCUT2D eigenvalue weighted by molar-refractivity contribution is 5.79. The molecule has 0 aliphatic heterocycles. The van der Waals surface area contributed by atoms with Crippen molar-refractivity contribution in [3.63, 3.8) is 0 Å². The van der Waals surface area contributed by atoms with Crippen LogP contribution in [0.2, 0.25) is 0 Å². The van der Waals surface area contributed by atoms with E-state index in [1.807, 2.05) is 45.0 Å². The number of carbonyl (C=O) groups is 1. The number of phenols is 1. The third kappa shape index (κ3) is 6.67. The average Bonchev–Trinajstić information content (AvgIpc) is 2.45. The van der Waals surface area contributed by atoms with Gasteiger partial charge in [-0.25, -0.2) is 0 Å². The van der Waals surface area contributed by atoms with Crippen LogP contribution in [0.25, 0.3) is 0 Å². The standard InChI is InChI=1S/C14H22O.C10H12O/c1-13(2,3)10-14(4,5)11-6-8-12(15)9-7-11;1-7-4-8(2)10(6-11)9(3)5-7/h6-9,15H,10H2,1-5H3;4-6H,1-3H3. The molecule has 0 atom stereocenters. The van der Waals surface area contributed by atoms with Crippen LogP contribution in [0.5, 0.6) is 5.75 Å². The maximum absolute atomic E-state index is 10.6. The molecule has 0 heterocycles. The van der Waals surface area contributed by atoms with E-state index in [1.54, 1.807) is 12.1 Å². The van der Waals surface area contributed by atoms with E-state index in [2.05, 4.69) is 34.6 Å². The topological polar surface area (TPSA) is 37.3 Å². The molecular formula is C24H34O2. The molecule has 2 aromatic rings. The largest absolute Gasteiger partial charge is 0.508 e. The van der Waals surface area contributed by atoms with Gasteiger partial charge in [-0.15, -0.1) is 0 Å². The lowest BCUT2D eigenvalue weighted by Crippen LogP contribution is -2.24. The monoisotopic (exact) mass is 354 g/mol. The van der Waals surface area contributed by atoms with Crippen molar-refractivity contribution >= 4 is 6.29 Å². The Bertz CT molecular complexity index is 709. The highest BCUT2D eigenvalue weighted by atomic mass is 16.3. The summed E-state index contributed by atoms with van der Waals surface area (Å²) in [4.78, 5) is 10.6. The van der Waals surface area contributed by atoms with Crippen molar-refractivity contribution in [2.24, 2.45) is 5.41 Å². The van der Waals surface area contributed by atoms with Crippen molar-refractivity contribution in [1.29, 1.82) is 0 Å². The predicted molar refractivity (Wildman–Crippen MR) is 111 cm³/mol. The van der Waals surface area contributed by atoms with Gasteiger partial charge in [0.05, 0.1) is 0 Å². The maximum atomic E-state index is 10.6. The zero-order valence-electron chi connectivity index (χ0n) is 17.6. The Hall–Kier alpha value is -2.09. The Morgan fingerprint density at radius 2 is 1.35 bits per heavy atom. The van der Waals surface area contributed by atoms with Crippen LogP contribution in [0.4, 0.5) is 0 Å². The summed E-state index contributed by atoms with van der Waals surface area (Å²) >= 11 is 0. The van der Waals surface area contributed by atoms with Crippen LogP contribution in [0.3, 0.4) is 0 Å². The van der Waals surface area contributed by atoms with Crippen molar-refractivity contribution in [2.75, 3.05) is 0 Å². The fraction of sp³-hybridized carbons (Fsp3) is 0.458. The molecule has 0 radical (unpaired) electrons. The molecule has 2 rings (SSSR count). The molecule has 0 aliphatic carbocycles.